The highest BCUT2D eigenvalue weighted by molar-refractivity contribution is 6.35. The van der Waals surface area contributed by atoms with E-state index < -0.39 is 0 Å². The number of rotatable bonds is 3. The second kappa shape index (κ2) is 7.36. The first-order chi connectivity index (χ1) is 11.5. The number of hydrogen-bond acceptors (Lipinski definition) is 4. The Morgan fingerprint density at radius 1 is 1.12 bits per heavy atom. The van der Waals surface area contributed by atoms with Gasteiger partial charge in [0.2, 0.25) is 0 Å². The zero-order valence-electron chi connectivity index (χ0n) is 13.3. The molecule has 0 atom stereocenters. The van der Waals surface area contributed by atoms with Gasteiger partial charge in [-0.1, -0.05) is 30.1 Å². The Balaban J connectivity index is 1.67. The van der Waals surface area contributed by atoms with Crippen molar-refractivity contribution < 1.29 is 4.79 Å². The van der Waals surface area contributed by atoms with Crippen LogP contribution in [0.2, 0.25) is 10.0 Å². The third-order valence-electron chi connectivity index (χ3n) is 4.09. The molecular formula is C17H18Cl2N4O. The zero-order chi connectivity index (χ0) is 17.1. The molecule has 24 heavy (non-hydrogen) atoms. The van der Waals surface area contributed by atoms with Crippen LogP contribution in [0.1, 0.15) is 30.3 Å². The lowest BCUT2D eigenvalue weighted by Gasteiger charge is -2.29. The molecule has 0 aliphatic carbocycles. The maximum absolute atomic E-state index is 12.4. The number of hydrogen-bond donors (Lipinski definition) is 1. The molecule has 0 unspecified atom stereocenters. The van der Waals surface area contributed by atoms with E-state index in [1.165, 1.54) is 0 Å². The van der Waals surface area contributed by atoms with Gasteiger partial charge in [-0.2, -0.15) is 0 Å². The van der Waals surface area contributed by atoms with E-state index >= 15 is 0 Å². The SMILES string of the molecule is CC1CCN(C(=O)c2ccc(Nc3cc(Cl)cc(Cl)c3)nn2)CC1. The van der Waals surface area contributed by atoms with Crippen LogP contribution in [0.4, 0.5) is 11.5 Å². The van der Waals surface area contributed by atoms with Gasteiger partial charge < -0.3 is 10.2 Å². The van der Waals surface area contributed by atoms with Crippen LogP contribution in [0.5, 0.6) is 0 Å². The average molecular weight is 365 g/mol. The van der Waals surface area contributed by atoms with Crippen LogP contribution < -0.4 is 5.32 Å². The fourth-order valence-corrected chi connectivity index (χ4v) is 3.19. The van der Waals surface area contributed by atoms with Gasteiger partial charge in [0.1, 0.15) is 0 Å². The third-order valence-corrected chi connectivity index (χ3v) is 4.53. The monoisotopic (exact) mass is 364 g/mol. The molecule has 1 aliphatic heterocycles. The van der Waals surface area contributed by atoms with Crippen LogP contribution in [-0.2, 0) is 0 Å². The predicted molar refractivity (Wildman–Crippen MR) is 96.1 cm³/mol. The summed E-state index contributed by atoms with van der Waals surface area (Å²) in [5.74, 6) is 1.14. The number of piperidine rings is 1. The maximum atomic E-state index is 12.4. The van der Waals surface area contributed by atoms with Gasteiger partial charge in [0.15, 0.2) is 11.5 Å². The van der Waals surface area contributed by atoms with Crippen LogP contribution in [-0.4, -0.2) is 34.1 Å². The fourth-order valence-electron chi connectivity index (χ4n) is 2.66. The van der Waals surface area contributed by atoms with Gasteiger partial charge in [0.05, 0.1) is 0 Å². The molecule has 1 aliphatic rings. The van der Waals surface area contributed by atoms with Crippen LogP contribution in [0, 0.1) is 5.92 Å². The highest BCUT2D eigenvalue weighted by Crippen LogP contribution is 2.24. The quantitative estimate of drug-likeness (QED) is 0.876. The number of carbonyl (C=O) groups is 1. The molecule has 0 saturated carbocycles. The molecule has 2 heterocycles. The first-order valence-corrected chi connectivity index (χ1v) is 8.63. The lowest BCUT2D eigenvalue weighted by atomic mass is 9.99. The van der Waals surface area contributed by atoms with Crippen molar-refractivity contribution in [2.75, 3.05) is 18.4 Å². The van der Waals surface area contributed by atoms with Gasteiger partial charge in [-0.15, -0.1) is 10.2 Å². The lowest BCUT2D eigenvalue weighted by molar-refractivity contribution is 0.0690. The van der Waals surface area contributed by atoms with E-state index in [4.69, 9.17) is 23.2 Å². The minimum atomic E-state index is -0.0632. The summed E-state index contributed by atoms with van der Waals surface area (Å²) in [5, 5.41) is 12.2. The van der Waals surface area contributed by atoms with Crippen molar-refractivity contribution in [1.29, 1.82) is 0 Å². The summed E-state index contributed by atoms with van der Waals surface area (Å²) >= 11 is 11.9. The first-order valence-electron chi connectivity index (χ1n) is 7.87. The van der Waals surface area contributed by atoms with E-state index in [-0.39, 0.29) is 5.91 Å². The molecular weight excluding hydrogens is 347 g/mol. The average Bonchev–Trinajstić information content (AvgIpc) is 2.55. The number of nitrogens with zero attached hydrogens (tertiary/aromatic N) is 3. The van der Waals surface area contributed by atoms with E-state index in [9.17, 15) is 4.79 Å². The van der Waals surface area contributed by atoms with Crippen LogP contribution in [0.15, 0.2) is 30.3 Å². The Labute approximate surface area is 151 Å². The van der Waals surface area contributed by atoms with Crippen LogP contribution in [0.25, 0.3) is 0 Å². The maximum Gasteiger partial charge on any atom is 0.274 e. The molecule has 0 spiro atoms. The Hall–Kier alpha value is -1.85. The Morgan fingerprint density at radius 2 is 1.79 bits per heavy atom. The summed E-state index contributed by atoms with van der Waals surface area (Å²) in [7, 11) is 0. The molecule has 1 N–H and O–H groups in total. The summed E-state index contributed by atoms with van der Waals surface area (Å²) < 4.78 is 0. The molecule has 0 bridgehead atoms. The number of halogens is 2. The van der Waals surface area contributed by atoms with E-state index in [0.717, 1.165) is 25.9 Å². The zero-order valence-corrected chi connectivity index (χ0v) is 14.8. The minimum absolute atomic E-state index is 0.0632. The molecule has 1 aromatic carbocycles. The van der Waals surface area contributed by atoms with E-state index in [2.05, 4.69) is 22.4 Å². The van der Waals surface area contributed by atoms with Crippen molar-refractivity contribution in [3.05, 3.63) is 46.1 Å². The van der Waals surface area contributed by atoms with Crippen molar-refractivity contribution >= 4 is 40.6 Å². The number of anilines is 2. The smallest absolute Gasteiger partial charge is 0.274 e. The standard InChI is InChI=1S/C17H18Cl2N4O/c1-11-4-6-23(7-5-11)17(24)15-2-3-16(22-21-15)20-14-9-12(18)8-13(19)10-14/h2-3,8-11H,4-7H2,1H3,(H,20,22). The molecule has 2 aromatic rings. The Bertz CT molecular complexity index is 708. The van der Waals surface area contributed by atoms with Gasteiger partial charge in [-0.25, -0.2) is 0 Å². The highest BCUT2D eigenvalue weighted by Gasteiger charge is 2.22. The minimum Gasteiger partial charge on any atom is -0.339 e. The number of carbonyl (C=O) groups excluding carboxylic acids is 1. The van der Waals surface area contributed by atoms with Crippen molar-refractivity contribution in [3.8, 4) is 0 Å². The molecule has 0 radical (unpaired) electrons. The topological polar surface area (TPSA) is 58.1 Å². The van der Waals surface area contributed by atoms with Gasteiger partial charge >= 0.3 is 0 Å². The fraction of sp³-hybridized carbons (Fsp3) is 0.353. The molecule has 1 saturated heterocycles. The van der Waals surface area contributed by atoms with E-state index in [1.54, 1.807) is 30.3 Å². The number of nitrogens with one attached hydrogen (secondary N) is 1. The number of likely N-dealkylation sites (tertiary alicyclic amines) is 1. The van der Waals surface area contributed by atoms with E-state index in [0.29, 0.717) is 33.2 Å². The summed E-state index contributed by atoms with van der Waals surface area (Å²) in [4.78, 5) is 14.3. The molecule has 1 fully saturated rings. The summed E-state index contributed by atoms with van der Waals surface area (Å²) in [5.41, 5.74) is 1.07. The number of benzene rings is 1. The molecule has 3 rings (SSSR count). The normalized spacial score (nSPS) is 15.4. The first kappa shape index (κ1) is 17.0. The van der Waals surface area contributed by atoms with Gasteiger partial charge in [-0.05, 0) is 49.1 Å². The highest BCUT2D eigenvalue weighted by atomic mass is 35.5. The van der Waals surface area contributed by atoms with Crippen LogP contribution in [0.3, 0.4) is 0 Å². The van der Waals surface area contributed by atoms with Crippen molar-refractivity contribution in [2.24, 2.45) is 5.92 Å². The Morgan fingerprint density at radius 3 is 2.38 bits per heavy atom. The predicted octanol–water partition coefficient (Wildman–Crippen LogP) is 4.40. The molecule has 1 amide bonds. The van der Waals surface area contributed by atoms with Gasteiger partial charge in [-0.3, -0.25) is 4.79 Å². The van der Waals surface area contributed by atoms with Gasteiger partial charge in [0.25, 0.3) is 5.91 Å². The number of amides is 1. The second-order valence-electron chi connectivity index (χ2n) is 6.06. The van der Waals surface area contributed by atoms with Crippen molar-refractivity contribution in [1.82, 2.24) is 15.1 Å². The molecule has 1 aromatic heterocycles. The summed E-state index contributed by atoms with van der Waals surface area (Å²) in [6.45, 7) is 3.77. The molecule has 7 heteroatoms. The van der Waals surface area contributed by atoms with E-state index in [1.807, 2.05) is 4.90 Å². The lowest BCUT2D eigenvalue weighted by Crippen LogP contribution is -2.38. The molecule has 5 nitrogen and oxygen atoms in total. The number of aromatic nitrogens is 2. The van der Waals surface area contributed by atoms with Crippen LogP contribution >= 0.6 is 23.2 Å². The summed E-state index contributed by atoms with van der Waals surface area (Å²) in [6.07, 6.45) is 2.07. The third kappa shape index (κ3) is 4.16. The Kier molecular flexibility index (Phi) is 5.21. The second-order valence-corrected chi connectivity index (χ2v) is 6.93. The molecule has 126 valence electrons. The summed E-state index contributed by atoms with van der Waals surface area (Å²) in [6, 6.07) is 8.54. The largest absolute Gasteiger partial charge is 0.339 e. The van der Waals surface area contributed by atoms with Gasteiger partial charge in [0, 0.05) is 28.8 Å². The van der Waals surface area contributed by atoms with Crippen molar-refractivity contribution in [3.63, 3.8) is 0 Å². The van der Waals surface area contributed by atoms with Crippen molar-refractivity contribution in [2.45, 2.75) is 19.8 Å².